The monoisotopic (exact) mass is 140 g/mol. The summed E-state index contributed by atoms with van der Waals surface area (Å²) >= 11 is 0. The molecular weight excluding hydrogens is 128 g/mol. The van der Waals surface area contributed by atoms with Gasteiger partial charge in [-0.2, -0.15) is 0 Å². The van der Waals surface area contributed by atoms with Gasteiger partial charge in [-0.15, -0.1) is 6.42 Å². The van der Waals surface area contributed by atoms with E-state index >= 15 is 0 Å². The molecular formula is C8H12O2. The first-order valence-electron chi connectivity index (χ1n) is 3.54. The van der Waals surface area contributed by atoms with Crippen LogP contribution in [0.4, 0.5) is 0 Å². The van der Waals surface area contributed by atoms with Crippen molar-refractivity contribution in [2.75, 3.05) is 0 Å². The summed E-state index contributed by atoms with van der Waals surface area (Å²) in [6, 6.07) is 0. The number of hydrogen-bond donors (Lipinski definition) is 2. The zero-order chi connectivity index (χ0) is 7.61. The molecule has 56 valence electrons. The predicted molar refractivity (Wildman–Crippen MR) is 38.3 cm³/mol. The van der Waals surface area contributed by atoms with E-state index in [1.54, 1.807) is 0 Å². The molecule has 1 rings (SSSR count). The normalized spacial score (nSPS) is 40.7. The standard InChI is InChI=1S/C8H12O2/c1-2-8(10)5-3-7(9)4-6-8/h1,7,9-10H,3-6H2. The molecule has 2 N–H and O–H groups in total. The minimum absolute atomic E-state index is 0.256. The molecule has 0 aromatic rings. The van der Waals surface area contributed by atoms with Crippen LogP contribution in [0, 0.1) is 12.3 Å². The van der Waals surface area contributed by atoms with Gasteiger partial charge in [-0.05, 0) is 25.7 Å². The van der Waals surface area contributed by atoms with Crippen molar-refractivity contribution in [3.63, 3.8) is 0 Å². The van der Waals surface area contributed by atoms with Crippen molar-refractivity contribution in [2.24, 2.45) is 0 Å². The van der Waals surface area contributed by atoms with Gasteiger partial charge in [0.2, 0.25) is 0 Å². The first-order valence-corrected chi connectivity index (χ1v) is 3.54. The topological polar surface area (TPSA) is 40.5 Å². The highest BCUT2D eigenvalue weighted by Crippen LogP contribution is 2.27. The van der Waals surface area contributed by atoms with Gasteiger partial charge >= 0.3 is 0 Å². The highest BCUT2D eigenvalue weighted by molar-refractivity contribution is 5.08. The lowest BCUT2D eigenvalue weighted by Gasteiger charge is -2.29. The molecule has 1 fully saturated rings. The van der Waals surface area contributed by atoms with Crippen molar-refractivity contribution in [3.8, 4) is 12.3 Å². The van der Waals surface area contributed by atoms with E-state index in [0.717, 1.165) is 0 Å². The van der Waals surface area contributed by atoms with Crippen LogP contribution in [0.25, 0.3) is 0 Å². The molecule has 0 atom stereocenters. The summed E-state index contributed by atoms with van der Waals surface area (Å²) < 4.78 is 0. The van der Waals surface area contributed by atoms with Crippen molar-refractivity contribution < 1.29 is 10.2 Å². The molecule has 0 radical (unpaired) electrons. The molecule has 1 aliphatic rings. The van der Waals surface area contributed by atoms with Crippen LogP contribution in [0.5, 0.6) is 0 Å². The van der Waals surface area contributed by atoms with Crippen LogP contribution in [0.1, 0.15) is 25.7 Å². The maximum atomic E-state index is 9.45. The quantitative estimate of drug-likeness (QED) is 0.475. The second-order valence-electron chi connectivity index (χ2n) is 2.91. The fourth-order valence-electron chi connectivity index (χ4n) is 1.22. The molecule has 0 heterocycles. The Labute approximate surface area is 60.9 Å². The van der Waals surface area contributed by atoms with Crippen LogP contribution in [0.2, 0.25) is 0 Å². The third-order valence-corrected chi connectivity index (χ3v) is 2.05. The number of aliphatic hydroxyl groups is 2. The van der Waals surface area contributed by atoms with Crippen molar-refractivity contribution in [2.45, 2.75) is 37.4 Å². The summed E-state index contributed by atoms with van der Waals surface area (Å²) in [5.74, 6) is 2.35. The fourth-order valence-corrected chi connectivity index (χ4v) is 1.22. The SMILES string of the molecule is C#CC1(O)CCC(O)CC1. The summed E-state index contributed by atoms with van der Waals surface area (Å²) in [6.07, 6.45) is 7.16. The number of terminal acetylenes is 1. The van der Waals surface area contributed by atoms with Crippen LogP contribution < -0.4 is 0 Å². The molecule has 0 amide bonds. The van der Waals surface area contributed by atoms with Crippen molar-refractivity contribution >= 4 is 0 Å². The Kier molecular flexibility index (Phi) is 1.98. The zero-order valence-corrected chi connectivity index (χ0v) is 5.88. The van der Waals surface area contributed by atoms with Crippen LogP contribution in [0.3, 0.4) is 0 Å². The van der Waals surface area contributed by atoms with Crippen LogP contribution in [-0.2, 0) is 0 Å². The maximum absolute atomic E-state index is 9.45. The lowest BCUT2D eigenvalue weighted by molar-refractivity contribution is 0.0105. The van der Waals surface area contributed by atoms with Crippen molar-refractivity contribution in [1.82, 2.24) is 0 Å². The van der Waals surface area contributed by atoms with E-state index in [1.807, 2.05) is 0 Å². The van der Waals surface area contributed by atoms with Crippen molar-refractivity contribution in [3.05, 3.63) is 0 Å². The average molecular weight is 140 g/mol. The van der Waals surface area contributed by atoms with Crippen LogP contribution in [-0.4, -0.2) is 21.9 Å². The van der Waals surface area contributed by atoms with Gasteiger partial charge in [0, 0.05) is 0 Å². The van der Waals surface area contributed by atoms with Gasteiger partial charge in [0.25, 0.3) is 0 Å². The Balaban J connectivity index is 2.48. The number of rotatable bonds is 0. The zero-order valence-electron chi connectivity index (χ0n) is 5.88. The minimum Gasteiger partial charge on any atom is -0.393 e. The van der Waals surface area contributed by atoms with Gasteiger partial charge < -0.3 is 10.2 Å². The van der Waals surface area contributed by atoms with Gasteiger partial charge in [-0.25, -0.2) is 0 Å². The van der Waals surface area contributed by atoms with E-state index in [2.05, 4.69) is 5.92 Å². The van der Waals surface area contributed by atoms with E-state index in [0.29, 0.717) is 25.7 Å². The number of hydrogen-bond acceptors (Lipinski definition) is 2. The first kappa shape index (κ1) is 7.59. The molecule has 2 heteroatoms. The lowest BCUT2D eigenvalue weighted by Crippen LogP contribution is -2.33. The molecule has 0 aromatic heterocycles. The van der Waals surface area contributed by atoms with E-state index in [1.165, 1.54) is 0 Å². The summed E-state index contributed by atoms with van der Waals surface area (Å²) in [4.78, 5) is 0. The second kappa shape index (κ2) is 2.61. The summed E-state index contributed by atoms with van der Waals surface area (Å²) in [6.45, 7) is 0. The Bertz CT molecular complexity index is 149. The molecule has 0 spiro atoms. The Morgan fingerprint density at radius 3 is 2.30 bits per heavy atom. The molecule has 0 aliphatic heterocycles. The first-order chi connectivity index (χ1) is 4.66. The molecule has 10 heavy (non-hydrogen) atoms. The highest BCUT2D eigenvalue weighted by atomic mass is 16.3. The minimum atomic E-state index is -0.931. The second-order valence-corrected chi connectivity index (χ2v) is 2.91. The van der Waals surface area contributed by atoms with Crippen LogP contribution >= 0.6 is 0 Å². The summed E-state index contributed by atoms with van der Waals surface area (Å²) in [5, 5.41) is 18.5. The third kappa shape index (κ3) is 1.50. The van der Waals surface area contributed by atoms with Gasteiger partial charge in [0.15, 0.2) is 0 Å². The van der Waals surface area contributed by atoms with Gasteiger partial charge in [-0.1, -0.05) is 5.92 Å². The van der Waals surface area contributed by atoms with E-state index < -0.39 is 5.60 Å². The van der Waals surface area contributed by atoms with E-state index in [-0.39, 0.29) is 6.10 Å². The fraction of sp³-hybridized carbons (Fsp3) is 0.750. The Morgan fingerprint density at radius 1 is 1.40 bits per heavy atom. The van der Waals surface area contributed by atoms with Gasteiger partial charge in [0.1, 0.15) is 5.60 Å². The third-order valence-electron chi connectivity index (χ3n) is 2.05. The van der Waals surface area contributed by atoms with Crippen molar-refractivity contribution in [1.29, 1.82) is 0 Å². The summed E-state index contributed by atoms with van der Waals surface area (Å²) in [7, 11) is 0. The van der Waals surface area contributed by atoms with Gasteiger partial charge in [0.05, 0.1) is 6.10 Å². The Hall–Kier alpha value is -0.520. The highest BCUT2D eigenvalue weighted by Gasteiger charge is 2.29. The molecule has 1 saturated carbocycles. The Morgan fingerprint density at radius 2 is 1.90 bits per heavy atom. The predicted octanol–water partition coefficient (Wildman–Crippen LogP) is 0.286. The number of aliphatic hydroxyl groups excluding tert-OH is 1. The molecule has 1 aliphatic carbocycles. The molecule has 0 aromatic carbocycles. The van der Waals surface area contributed by atoms with E-state index in [9.17, 15) is 5.11 Å². The van der Waals surface area contributed by atoms with Gasteiger partial charge in [-0.3, -0.25) is 0 Å². The molecule has 0 bridgehead atoms. The largest absolute Gasteiger partial charge is 0.393 e. The molecule has 0 unspecified atom stereocenters. The lowest BCUT2D eigenvalue weighted by atomic mass is 9.84. The molecule has 0 saturated heterocycles. The van der Waals surface area contributed by atoms with E-state index in [4.69, 9.17) is 11.5 Å². The average Bonchev–Trinajstić information content (AvgIpc) is 1.96. The molecule has 2 nitrogen and oxygen atoms in total. The summed E-state index contributed by atoms with van der Waals surface area (Å²) in [5.41, 5.74) is -0.931. The smallest absolute Gasteiger partial charge is 0.125 e. The van der Waals surface area contributed by atoms with Crippen LogP contribution in [0.15, 0.2) is 0 Å². The maximum Gasteiger partial charge on any atom is 0.125 e.